The van der Waals surface area contributed by atoms with E-state index in [-0.39, 0.29) is 17.7 Å². The van der Waals surface area contributed by atoms with Crippen LogP contribution < -0.4 is 16.0 Å². The lowest BCUT2D eigenvalue weighted by Gasteiger charge is -2.27. The third kappa shape index (κ3) is 5.27. The van der Waals surface area contributed by atoms with Gasteiger partial charge in [0, 0.05) is 43.4 Å². The quantitative estimate of drug-likeness (QED) is 0.587. The van der Waals surface area contributed by atoms with Gasteiger partial charge in [-0.15, -0.1) is 0 Å². The maximum atomic E-state index is 13.0. The molecule has 0 aromatic heterocycles. The van der Waals surface area contributed by atoms with Crippen LogP contribution in [-0.2, 0) is 9.47 Å². The van der Waals surface area contributed by atoms with E-state index in [1.165, 1.54) is 0 Å². The zero-order chi connectivity index (χ0) is 24.2. The van der Waals surface area contributed by atoms with Crippen LogP contribution in [-0.4, -0.2) is 75.3 Å². The van der Waals surface area contributed by atoms with Gasteiger partial charge in [-0.25, -0.2) is 0 Å². The first-order valence-corrected chi connectivity index (χ1v) is 12.2. The van der Waals surface area contributed by atoms with Gasteiger partial charge in [0.05, 0.1) is 42.6 Å². The molecular weight excluding hydrogens is 470 g/mol. The third-order valence-electron chi connectivity index (χ3n) is 6.39. The number of halogens is 1. The predicted molar refractivity (Wildman–Crippen MR) is 134 cm³/mol. The van der Waals surface area contributed by atoms with Gasteiger partial charge in [0.25, 0.3) is 11.8 Å². The largest absolute Gasteiger partial charge is 0.381 e. The monoisotopic (exact) mass is 497 g/mol. The van der Waals surface area contributed by atoms with E-state index in [0.717, 1.165) is 24.2 Å². The van der Waals surface area contributed by atoms with Crippen LogP contribution in [0.3, 0.4) is 0 Å². The van der Waals surface area contributed by atoms with Crippen molar-refractivity contribution in [2.45, 2.75) is 12.3 Å². The highest BCUT2D eigenvalue weighted by Crippen LogP contribution is 2.36. The third-order valence-corrected chi connectivity index (χ3v) is 6.79. The Morgan fingerprint density at radius 1 is 1.09 bits per heavy atom. The molecule has 2 fully saturated rings. The lowest BCUT2D eigenvalue weighted by molar-refractivity contribution is 0.0303. The lowest BCUT2D eigenvalue weighted by Crippen LogP contribution is -2.40. The number of morpholine rings is 1. The maximum Gasteiger partial charge on any atom is 0.257 e. The topological polar surface area (TPSA) is 104 Å². The van der Waals surface area contributed by atoms with Gasteiger partial charge in [0.15, 0.2) is 5.96 Å². The number of benzene rings is 2. The Bertz CT molecular complexity index is 1140. The first kappa shape index (κ1) is 23.6. The second-order valence-corrected chi connectivity index (χ2v) is 9.05. The Morgan fingerprint density at radius 3 is 2.69 bits per heavy atom. The van der Waals surface area contributed by atoms with Crippen LogP contribution in [0.5, 0.6) is 0 Å². The number of carbonyl (C=O) groups excluding carboxylic acids is 2. The SMILES string of the molecule is O=C(NC1=NCCN1)c1ccc(Nc2cccc(C(=O)N3CCOCC3)c2Cl)c(C2CCOC2)c1. The normalized spacial score (nSPS) is 19.7. The molecule has 3 N–H and O–H groups in total. The summed E-state index contributed by atoms with van der Waals surface area (Å²) < 4.78 is 11.0. The zero-order valence-electron chi connectivity index (χ0n) is 19.3. The Morgan fingerprint density at radius 2 is 1.94 bits per heavy atom. The van der Waals surface area contributed by atoms with E-state index in [2.05, 4.69) is 20.9 Å². The Hall–Kier alpha value is -3.14. The second kappa shape index (κ2) is 10.6. The van der Waals surface area contributed by atoms with Crippen molar-refractivity contribution < 1.29 is 19.1 Å². The Labute approximate surface area is 208 Å². The average molecular weight is 498 g/mol. The molecule has 3 aliphatic heterocycles. The van der Waals surface area contributed by atoms with Crippen molar-refractivity contribution in [2.24, 2.45) is 4.99 Å². The van der Waals surface area contributed by atoms with Crippen molar-refractivity contribution in [3.8, 4) is 0 Å². The Balaban J connectivity index is 1.41. The number of amides is 2. The summed E-state index contributed by atoms with van der Waals surface area (Å²) in [6.45, 7) is 4.76. The van der Waals surface area contributed by atoms with Crippen LogP contribution in [0.1, 0.15) is 38.6 Å². The molecule has 5 rings (SSSR count). The van der Waals surface area contributed by atoms with Crippen molar-refractivity contribution in [3.63, 3.8) is 0 Å². The van der Waals surface area contributed by atoms with Crippen molar-refractivity contribution in [1.29, 1.82) is 0 Å². The molecular formula is C25H28ClN5O4. The number of nitrogens with zero attached hydrogens (tertiary/aromatic N) is 2. The van der Waals surface area contributed by atoms with Gasteiger partial charge in [0.2, 0.25) is 0 Å². The fourth-order valence-electron chi connectivity index (χ4n) is 4.47. The average Bonchev–Trinajstić information content (AvgIpc) is 3.60. The lowest BCUT2D eigenvalue weighted by atomic mass is 9.94. The minimum atomic E-state index is -0.221. The Kier molecular flexibility index (Phi) is 7.17. The molecule has 0 saturated carbocycles. The summed E-state index contributed by atoms with van der Waals surface area (Å²) in [6.07, 6.45) is 0.858. The van der Waals surface area contributed by atoms with Gasteiger partial charge in [-0.3, -0.25) is 19.9 Å². The van der Waals surface area contributed by atoms with Gasteiger partial charge in [0.1, 0.15) is 0 Å². The smallest absolute Gasteiger partial charge is 0.257 e. The van der Waals surface area contributed by atoms with Crippen LogP contribution in [0.15, 0.2) is 41.4 Å². The molecule has 35 heavy (non-hydrogen) atoms. The fraction of sp³-hybridized carbons (Fsp3) is 0.400. The highest BCUT2D eigenvalue weighted by atomic mass is 35.5. The molecule has 0 spiro atoms. The summed E-state index contributed by atoms with van der Waals surface area (Å²) in [6, 6.07) is 10.9. The zero-order valence-corrected chi connectivity index (χ0v) is 20.1. The summed E-state index contributed by atoms with van der Waals surface area (Å²) in [5.41, 5.74) is 3.41. The van der Waals surface area contributed by atoms with E-state index in [4.69, 9.17) is 21.1 Å². The number of aliphatic imine (C=N–C) groups is 1. The summed E-state index contributed by atoms with van der Waals surface area (Å²) in [5, 5.41) is 9.64. The van der Waals surface area contributed by atoms with E-state index in [9.17, 15) is 9.59 Å². The number of carbonyl (C=O) groups is 2. The van der Waals surface area contributed by atoms with E-state index >= 15 is 0 Å². The number of hydrogen-bond acceptors (Lipinski definition) is 7. The van der Waals surface area contributed by atoms with E-state index in [1.54, 1.807) is 17.0 Å². The molecule has 9 nitrogen and oxygen atoms in total. The van der Waals surface area contributed by atoms with Gasteiger partial charge >= 0.3 is 0 Å². The van der Waals surface area contributed by atoms with Crippen LogP contribution in [0.25, 0.3) is 0 Å². The molecule has 2 saturated heterocycles. The second-order valence-electron chi connectivity index (χ2n) is 8.67. The number of rotatable bonds is 5. The minimum absolute atomic E-state index is 0.109. The summed E-state index contributed by atoms with van der Waals surface area (Å²) >= 11 is 6.71. The molecule has 0 aliphatic carbocycles. The van der Waals surface area contributed by atoms with Gasteiger partial charge < -0.3 is 25.0 Å². The summed E-state index contributed by atoms with van der Waals surface area (Å²) in [7, 11) is 0. The fourth-order valence-corrected chi connectivity index (χ4v) is 4.73. The van der Waals surface area contributed by atoms with E-state index in [1.807, 2.05) is 24.3 Å². The number of nitrogens with one attached hydrogen (secondary N) is 3. The van der Waals surface area contributed by atoms with Crippen molar-refractivity contribution in [3.05, 3.63) is 58.1 Å². The summed E-state index contributed by atoms with van der Waals surface area (Å²) in [5.74, 6) is 0.309. The first-order chi connectivity index (χ1) is 17.1. The van der Waals surface area contributed by atoms with Crippen LogP contribution in [0.2, 0.25) is 5.02 Å². The highest BCUT2D eigenvalue weighted by molar-refractivity contribution is 6.36. The molecule has 1 unspecified atom stereocenters. The molecule has 184 valence electrons. The molecule has 1 atom stereocenters. The van der Waals surface area contributed by atoms with Gasteiger partial charge in [-0.05, 0) is 42.3 Å². The molecule has 2 aromatic rings. The minimum Gasteiger partial charge on any atom is -0.381 e. The van der Waals surface area contributed by atoms with E-state index in [0.29, 0.717) is 73.9 Å². The molecule has 0 bridgehead atoms. The number of hydrogen-bond donors (Lipinski definition) is 3. The number of anilines is 2. The molecule has 3 aliphatic rings. The molecule has 0 radical (unpaired) electrons. The van der Waals surface area contributed by atoms with Crippen molar-refractivity contribution in [2.75, 3.05) is 57.9 Å². The first-order valence-electron chi connectivity index (χ1n) is 11.8. The van der Waals surface area contributed by atoms with Crippen molar-refractivity contribution in [1.82, 2.24) is 15.5 Å². The molecule has 2 aromatic carbocycles. The van der Waals surface area contributed by atoms with Crippen LogP contribution >= 0.6 is 11.6 Å². The predicted octanol–water partition coefficient (Wildman–Crippen LogP) is 2.75. The molecule has 2 amide bonds. The van der Waals surface area contributed by atoms with Gasteiger partial charge in [-0.1, -0.05) is 17.7 Å². The van der Waals surface area contributed by atoms with Gasteiger partial charge in [-0.2, -0.15) is 0 Å². The van der Waals surface area contributed by atoms with E-state index < -0.39 is 0 Å². The molecule has 10 heteroatoms. The summed E-state index contributed by atoms with van der Waals surface area (Å²) in [4.78, 5) is 31.8. The number of ether oxygens (including phenoxy) is 2. The van der Waals surface area contributed by atoms with Crippen LogP contribution in [0.4, 0.5) is 11.4 Å². The molecule has 3 heterocycles. The standard InChI is InChI=1S/C25H28ClN5O4/c26-22-18(24(33)31-9-12-34-13-10-31)2-1-3-21(22)29-20-5-4-16(14-19(20)17-6-11-35-15-17)23(32)30-25-27-7-8-28-25/h1-5,14,17,29H,6-13,15H2,(H2,27,28,30,32). The van der Waals surface area contributed by atoms with Crippen molar-refractivity contribution >= 4 is 40.7 Å². The van der Waals surface area contributed by atoms with Crippen LogP contribution in [0, 0.1) is 0 Å². The number of guanidine groups is 1. The maximum absolute atomic E-state index is 13.0. The highest BCUT2D eigenvalue weighted by Gasteiger charge is 2.25.